The first kappa shape index (κ1) is 5.24. The van der Waals surface area contributed by atoms with Crippen molar-refractivity contribution in [2.45, 2.75) is 23.3 Å². The Kier molecular flexibility index (Phi) is 1.31. The van der Waals surface area contributed by atoms with Gasteiger partial charge in [0.2, 0.25) is 0 Å². The molecule has 1 aliphatic carbocycles. The molecular formula is C6H8S2. The molecule has 0 saturated carbocycles. The van der Waals surface area contributed by atoms with Crippen LogP contribution in [-0.2, 0) is 0 Å². The average Bonchev–Trinajstić information content (AvgIpc) is 1.92. The predicted molar refractivity (Wildman–Crippen MR) is 41.1 cm³/mol. The molecule has 44 valence electrons. The summed E-state index contributed by atoms with van der Waals surface area (Å²) in [6.45, 7) is 0. The molecule has 2 heterocycles. The summed E-state index contributed by atoms with van der Waals surface area (Å²) >= 11 is 0. The summed E-state index contributed by atoms with van der Waals surface area (Å²) in [7, 11) is 4.09. The smallest absolute Gasteiger partial charge is 0.0332 e. The number of hydrogen-bond acceptors (Lipinski definition) is 2. The van der Waals surface area contributed by atoms with Crippen molar-refractivity contribution in [3.8, 4) is 0 Å². The van der Waals surface area contributed by atoms with Gasteiger partial charge >= 0.3 is 0 Å². The van der Waals surface area contributed by atoms with Crippen molar-refractivity contribution in [3.05, 3.63) is 12.2 Å². The van der Waals surface area contributed by atoms with Gasteiger partial charge in [-0.25, -0.2) is 0 Å². The summed E-state index contributed by atoms with van der Waals surface area (Å²) in [5.74, 6) is 0. The van der Waals surface area contributed by atoms with Crippen LogP contribution in [0.25, 0.3) is 0 Å². The first-order chi connectivity index (χ1) is 3.95. The van der Waals surface area contributed by atoms with Crippen LogP contribution >= 0.6 is 21.6 Å². The fraction of sp³-hybridized carbons (Fsp3) is 0.667. The van der Waals surface area contributed by atoms with Gasteiger partial charge in [-0.05, 0) is 12.8 Å². The Morgan fingerprint density at radius 2 is 1.50 bits per heavy atom. The molecule has 0 aromatic carbocycles. The van der Waals surface area contributed by atoms with Gasteiger partial charge in [-0.2, -0.15) is 0 Å². The van der Waals surface area contributed by atoms with E-state index in [2.05, 4.69) is 12.2 Å². The maximum atomic E-state index is 2.36. The lowest BCUT2D eigenvalue weighted by atomic mass is 10.1. The van der Waals surface area contributed by atoms with Crippen LogP contribution in [-0.4, -0.2) is 10.5 Å². The SMILES string of the molecule is C1=CC2CCC1SS2. The van der Waals surface area contributed by atoms with E-state index in [1.54, 1.807) is 0 Å². The fourth-order valence-corrected chi connectivity index (χ4v) is 3.95. The summed E-state index contributed by atoms with van der Waals surface area (Å²) in [5.41, 5.74) is 0. The molecule has 0 radical (unpaired) electrons. The molecule has 0 amide bonds. The van der Waals surface area contributed by atoms with E-state index >= 15 is 0 Å². The monoisotopic (exact) mass is 144 g/mol. The van der Waals surface area contributed by atoms with E-state index in [-0.39, 0.29) is 0 Å². The molecule has 0 aromatic heterocycles. The zero-order valence-corrected chi connectivity index (χ0v) is 6.17. The van der Waals surface area contributed by atoms with Crippen LogP contribution in [0.2, 0.25) is 0 Å². The van der Waals surface area contributed by atoms with Crippen LogP contribution in [0.3, 0.4) is 0 Å². The number of hydrogen-bond donors (Lipinski definition) is 0. The van der Waals surface area contributed by atoms with Crippen LogP contribution in [0.15, 0.2) is 12.2 Å². The van der Waals surface area contributed by atoms with Crippen molar-refractivity contribution in [1.82, 2.24) is 0 Å². The van der Waals surface area contributed by atoms with Crippen LogP contribution in [0.5, 0.6) is 0 Å². The summed E-state index contributed by atoms with van der Waals surface area (Å²) in [5, 5.41) is 1.70. The second-order valence-electron chi connectivity index (χ2n) is 2.23. The van der Waals surface area contributed by atoms with E-state index in [1.807, 2.05) is 21.6 Å². The normalized spacial score (nSPS) is 43.0. The van der Waals surface area contributed by atoms with Gasteiger partial charge < -0.3 is 0 Å². The molecular weight excluding hydrogens is 136 g/mol. The second kappa shape index (κ2) is 1.99. The Morgan fingerprint density at radius 3 is 1.62 bits per heavy atom. The third-order valence-electron chi connectivity index (χ3n) is 1.58. The van der Waals surface area contributed by atoms with Gasteiger partial charge in [0.25, 0.3) is 0 Å². The predicted octanol–water partition coefficient (Wildman–Crippen LogP) is 2.47. The fourth-order valence-electron chi connectivity index (χ4n) is 1.07. The van der Waals surface area contributed by atoms with Crippen molar-refractivity contribution >= 4 is 21.6 Å². The zero-order valence-electron chi connectivity index (χ0n) is 4.54. The van der Waals surface area contributed by atoms with Gasteiger partial charge in [0.05, 0.1) is 0 Å². The van der Waals surface area contributed by atoms with Gasteiger partial charge in [-0.3, -0.25) is 0 Å². The molecule has 0 aromatic rings. The summed E-state index contributed by atoms with van der Waals surface area (Å²) < 4.78 is 0. The van der Waals surface area contributed by atoms with Gasteiger partial charge in [-0.15, -0.1) is 0 Å². The molecule has 3 aliphatic rings. The maximum Gasteiger partial charge on any atom is 0.0332 e. The Hall–Kier alpha value is 0.440. The molecule has 2 aliphatic heterocycles. The molecule has 2 atom stereocenters. The highest BCUT2D eigenvalue weighted by Crippen LogP contribution is 2.45. The summed E-state index contributed by atoms with van der Waals surface area (Å²) in [6, 6.07) is 0. The highest BCUT2D eigenvalue weighted by molar-refractivity contribution is 8.77. The number of fused-ring (bicyclic) bond motifs is 2. The third-order valence-corrected chi connectivity index (χ3v) is 4.79. The van der Waals surface area contributed by atoms with E-state index in [0.717, 1.165) is 10.5 Å². The van der Waals surface area contributed by atoms with Gasteiger partial charge in [0.15, 0.2) is 0 Å². The second-order valence-corrected chi connectivity index (χ2v) is 4.98. The molecule has 2 unspecified atom stereocenters. The van der Waals surface area contributed by atoms with Gasteiger partial charge in [0, 0.05) is 10.5 Å². The highest BCUT2D eigenvalue weighted by Gasteiger charge is 2.23. The quantitative estimate of drug-likeness (QED) is 0.378. The molecule has 1 fully saturated rings. The van der Waals surface area contributed by atoms with Crippen LogP contribution in [0.4, 0.5) is 0 Å². The van der Waals surface area contributed by atoms with E-state index in [4.69, 9.17) is 0 Å². The first-order valence-electron chi connectivity index (χ1n) is 2.95. The lowest BCUT2D eigenvalue weighted by Gasteiger charge is -2.28. The standard InChI is InChI=1S/C6H8S2/c1-2-6-4-3-5(1)7-8-6/h1-2,5-6H,3-4H2. The average molecular weight is 144 g/mol. The molecule has 2 heteroatoms. The van der Waals surface area contributed by atoms with Gasteiger partial charge in [0.1, 0.15) is 0 Å². The van der Waals surface area contributed by atoms with Crippen LogP contribution < -0.4 is 0 Å². The van der Waals surface area contributed by atoms with Crippen molar-refractivity contribution in [2.75, 3.05) is 0 Å². The van der Waals surface area contributed by atoms with Crippen molar-refractivity contribution in [1.29, 1.82) is 0 Å². The molecule has 0 N–H and O–H groups in total. The topological polar surface area (TPSA) is 0 Å². The largest absolute Gasteiger partial charge is 0.0859 e. The lowest BCUT2D eigenvalue weighted by molar-refractivity contribution is 0.749. The molecule has 1 saturated heterocycles. The van der Waals surface area contributed by atoms with Crippen LogP contribution in [0.1, 0.15) is 12.8 Å². The van der Waals surface area contributed by atoms with E-state index < -0.39 is 0 Å². The Balaban J connectivity index is 2.20. The van der Waals surface area contributed by atoms with E-state index in [1.165, 1.54) is 12.8 Å². The van der Waals surface area contributed by atoms with Crippen molar-refractivity contribution < 1.29 is 0 Å². The summed E-state index contributed by atoms with van der Waals surface area (Å²) in [6.07, 6.45) is 7.54. The first-order valence-corrected chi connectivity index (χ1v) is 5.23. The number of rotatable bonds is 0. The van der Waals surface area contributed by atoms with E-state index in [0.29, 0.717) is 0 Å². The minimum absolute atomic E-state index is 0.852. The Labute approximate surface area is 57.5 Å². The molecule has 0 nitrogen and oxygen atoms in total. The lowest BCUT2D eigenvalue weighted by Crippen LogP contribution is -2.15. The summed E-state index contributed by atoms with van der Waals surface area (Å²) in [4.78, 5) is 0. The minimum Gasteiger partial charge on any atom is -0.0859 e. The van der Waals surface area contributed by atoms with Crippen molar-refractivity contribution in [3.63, 3.8) is 0 Å². The Bertz CT molecular complexity index is 97.7. The van der Waals surface area contributed by atoms with E-state index in [9.17, 15) is 0 Å². The molecule has 8 heavy (non-hydrogen) atoms. The van der Waals surface area contributed by atoms with Gasteiger partial charge in [-0.1, -0.05) is 33.7 Å². The minimum atomic E-state index is 0.852. The van der Waals surface area contributed by atoms with Crippen LogP contribution in [0, 0.1) is 0 Å². The zero-order chi connectivity index (χ0) is 5.40. The maximum absolute atomic E-state index is 2.36. The molecule has 2 bridgehead atoms. The molecule has 3 rings (SSSR count). The third kappa shape index (κ3) is 0.799. The molecule has 0 spiro atoms. The Morgan fingerprint density at radius 1 is 1.00 bits per heavy atom. The highest BCUT2D eigenvalue weighted by atomic mass is 33.1. The van der Waals surface area contributed by atoms with Crippen molar-refractivity contribution in [2.24, 2.45) is 0 Å².